The Morgan fingerprint density at radius 1 is 0.923 bits per heavy atom. The lowest BCUT2D eigenvalue weighted by atomic mass is 10.1. The Kier molecular flexibility index (Phi) is 5.32. The predicted molar refractivity (Wildman–Crippen MR) is 96.6 cm³/mol. The highest BCUT2D eigenvalue weighted by Crippen LogP contribution is 2.32. The topological polar surface area (TPSA) is 40.6 Å². The van der Waals surface area contributed by atoms with Crippen LogP contribution < -0.4 is 4.90 Å². The van der Waals surface area contributed by atoms with E-state index in [4.69, 9.17) is 0 Å². The Hall–Kier alpha value is -1.58. The summed E-state index contributed by atoms with van der Waals surface area (Å²) in [5.41, 5.74) is -0.265. The molecular formula is C17H16BrF3N2O2S. The second-order valence-corrected chi connectivity index (χ2v) is 8.75. The Bertz CT molecular complexity index is 895. The summed E-state index contributed by atoms with van der Waals surface area (Å²) in [6, 6.07) is 11.5. The maximum absolute atomic E-state index is 12.9. The van der Waals surface area contributed by atoms with Gasteiger partial charge in [-0.05, 0) is 36.4 Å². The number of anilines is 1. The van der Waals surface area contributed by atoms with E-state index < -0.39 is 21.8 Å². The van der Waals surface area contributed by atoms with Gasteiger partial charge in [0, 0.05) is 36.3 Å². The highest BCUT2D eigenvalue weighted by molar-refractivity contribution is 9.10. The number of alkyl halides is 3. The van der Waals surface area contributed by atoms with Crippen molar-refractivity contribution >= 4 is 31.6 Å². The summed E-state index contributed by atoms with van der Waals surface area (Å²) in [6.07, 6.45) is -4.40. The van der Waals surface area contributed by atoms with E-state index in [0.29, 0.717) is 23.2 Å². The Morgan fingerprint density at radius 2 is 1.58 bits per heavy atom. The van der Waals surface area contributed by atoms with Crippen LogP contribution in [0.5, 0.6) is 0 Å². The lowest BCUT2D eigenvalue weighted by Gasteiger charge is -2.35. The number of hydrogen-bond donors (Lipinski definition) is 0. The van der Waals surface area contributed by atoms with Gasteiger partial charge in [0.05, 0.1) is 10.5 Å². The smallest absolute Gasteiger partial charge is 0.369 e. The first-order chi connectivity index (χ1) is 12.2. The molecule has 1 aliphatic heterocycles. The van der Waals surface area contributed by atoms with Crippen LogP contribution in [0.2, 0.25) is 0 Å². The molecule has 0 bridgehead atoms. The van der Waals surface area contributed by atoms with E-state index in [0.717, 1.165) is 12.1 Å². The highest BCUT2D eigenvalue weighted by Gasteiger charge is 2.32. The van der Waals surface area contributed by atoms with Gasteiger partial charge in [-0.2, -0.15) is 17.5 Å². The first-order valence-corrected chi connectivity index (χ1v) is 10.1. The molecule has 2 aromatic carbocycles. The molecule has 2 aromatic rings. The zero-order valence-corrected chi connectivity index (χ0v) is 16.0. The molecule has 0 amide bonds. The molecule has 3 rings (SSSR count). The molecule has 0 atom stereocenters. The van der Waals surface area contributed by atoms with Gasteiger partial charge < -0.3 is 4.90 Å². The average molecular weight is 449 g/mol. The van der Waals surface area contributed by atoms with Crippen molar-refractivity contribution in [2.24, 2.45) is 0 Å². The van der Waals surface area contributed by atoms with Crippen LogP contribution in [-0.2, 0) is 16.2 Å². The summed E-state index contributed by atoms with van der Waals surface area (Å²) < 4.78 is 66.0. The number of sulfonamides is 1. The quantitative estimate of drug-likeness (QED) is 0.712. The molecule has 1 fully saturated rings. The number of nitrogens with zero attached hydrogens (tertiary/aromatic N) is 2. The van der Waals surface area contributed by atoms with Crippen LogP contribution in [0.1, 0.15) is 5.56 Å². The molecule has 1 aliphatic rings. The van der Waals surface area contributed by atoms with Crippen LogP contribution in [0.4, 0.5) is 18.9 Å². The Morgan fingerprint density at radius 3 is 2.19 bits per heavy atom. The lowest BCUT2D eigenvalue weighted by molar-refractivity contribution is -0.137. The van der Waals surface area contributed by atoms with Gasteiger partial charge in [0.15, 0.2) is 0 Å². The van der Waals surface area contributed by atoms with E-state index in [-0.39, 0.29) is 18.0 Å². The third-order valence-corrected chi connectivity index (χ3v) is 6.60. The molecule has 0 unspecified atom stereocenters. The number of rotatable bonds is 3. The third kappa shape index (κ3) is 4.05. The molecule has 140 valence electrons. The molecule has 9 heteroatoms. The van der Waals surface area contributed by atoms with Gasteiger partial charge in [-0.3, -0.25) is 0 Å². The van der Waals surface area contributed by atoms with Gasteiger partial charge >= 0.3 is 6.18 Å². The second-order valence-electron chi connectivity index (χ2n) is 5.90. The van der Waals surface area contributed by atoms with Crippen molar-refractivity contribution in [2.75, 3.05) is 31.1 Å². The summed E-state index contributed by atoms with van der Waals surface area (Å²) in [5.74, 6) is 0. The summed E-state index contributed by atoms with van der Waals surface area (Å²) in [5, 5.41) is 0. The SMILES string of the molecule is O=S(=O)(c1cccc(Br)c1)N1CCN(c2cccc(C(F)(F)F)c2)CC1. The maximum Gasteiger partial charge on any atom is 0.416 e. The van der Waals surface area contributed by atoms with Gasteiger partial charge in [0.2, 0.25) is 10.0 Å². The predicted octanol–water partition coefficient (Wildman–Crippen LogP) is 3.98. The number of benzene rings is 2. The molecule has 0 N–H and O–H groups in total. The van der Waals surface area contributed by atoms with E-state index in [1.165, 1.54) is 22.5 Å². The largest absolute Gasteiger partial charge is 0.416 e. The molecule has 1 heterocycles. The van der Waals surface area contributed by atoms with Crippen LogP contribution in [0.15, 0.2) is 57.9 Å². The highest BCUT2D eigenvalue weighted by atomic mass is 79.9. The first-order valence-electron chi connectivity index (χ1n) is 7.86. The van der Waals surface area contributed by atoms with E-state index in [1.807, 2.05) is 0 Å². The van der Waals surface area contributed by atoms with Crippen LogP contribution in [0.25, 0.3) is 0 Å². The van der Waals surface area contributed by atoms with E-state index >= 15 is 0 Å². The van der Waals surface area contributed by atoms with E-state index in [9.17, 15) is 21.6 Å². The van der Waals surface area contributed by atoms with Crippen molar-refractivity contribution in [2.45, 2.75) is 11.1 Å². The maximum atomic E-state index is 12.9. The number of halogens is 4. The van der Waals surface area contributed by atoms with Crippen LogP contribution in [0.3, 0.4) is 0 Å². The van der Waals surface area contributed by atoms with Gasteiger partial charge in [0.1, 0.15) is 0 Å². The van der Waals surface area contributed by atoms with Crippen molar-refractivity contribution < 1.29 is 21.6 Å². The minimum absolute atomic E-state index is 0.194. The minimum Gasteiger partial charge on any atom is -0.369 e. The average Bonchev–Trinajstić information content (AvgIpc) is 2.61. The molecule has 0 radical (unpaired) electrons. The molecule has 1 saturated heterocycles. The van der Waals surface area contributed by atoms with Gasteiger partial charge in [0.25, 0.3) is 0 Å². The zero-order valence-electron chi connectivity index (χ0n) is 13.6. The Balaban J connectivity index is 1.73. The van der Waals surface area contributed by atoms with E-state index in [2.05, 4.69) is 15.9 Å². The summed E-state index contributed by atoms with van der Waals surface area (Å²) in [6.45, 7) is 1.08. The molecular weight excluding hydrogens is 433 g/mol. The van der Waals surface area contributed by atoms with Crippen LogP contribution >= 0.6 is 15.9 Å². The molecule has 0 aromatic heterocycles. The zero-order chi connectivity index (χ0) is 18.9. The summed E-state index contributed by atoms with van der Waals surface area (Å²) in [7, 11) is -3.62. The monoisotopic (exact) mass is 448 g/mol. The minimum atomic E-state index is -4.40. The van der Waals surface area contributed by atoms with E-state index in [1.54, 1.807) is 23.1 Å². The van der Waals surface area contributed by atoms with Gasteiger partial charge in [-0.15, -0.1) is 0 Å². The van der Waals surface area contributed by atoms with Crippen molar-refractivity contribution in [3.63, 3.8) is 0 Å². The fourth-order valence-electron chi connectivity index (χ4n) is 2.84. The summed E-state index contributed by atoms with van der Waals surface area (Å²) in [4.78, 5) is 1.96. The van der Waals surface area contributed by atoms with Crippen LogP contribution in [-0.4, -0.2) is 38.9 Å². The van der Waals surface area contributed by atoms with Gasteiger partial charge in [-0.25, -0.2) is 8.42 Å². The summed E-state index contributed by atoms with van der Waals surface area (Å²) >= 11 is 3.26. The molecule has 0 saturated carbocycles. The standard InChI is InChI=1S/C17H16BrF3N2O2S/c18-14-4-2-6-16(12-14)26(24,25)23-9-7-22(8-10-23)15-5-1-3-13(11-15)17(19,20)21/h1-6,11-12H,7-10H2. The fourth-order valence-corrected chi connectivity index (χ4v) is 4.86. The molecule has 0 spiro atoms. The van der Waals surface area contributed by atoms with Crippen molar-refractivity contribution in [3.8, 4) is 0 Å². The fraction of sp³-hybridized carbons (Fsp3) is 0.294. The number of piperazine rings is 1. The third-order valence-electron chi connectivity index (χ3n) is 4.21. The number of hydrogen-bond acceptors (Lipinski definition) is 3. The normalized spacial score (nSPS) is 16.7. The molecule has 26 heavy (non-hydrogen) atoms. The second kappa shape index (κ2) is 7.21. The van der Waals surface area contributed by atoms with Crippen molar-refractivity contribution in [3.05, 3.63) is 58.6 Å². The van der Waals surface area contributed by atoms with Crippen LogP contribution in [0, 0.1) is 0 Å². The van der Waals surface area contributed by atoms with Crippen molar-refractivity contribution in [1.82, 2.24) is 4.31 Å². The first kappa shape index (κ1) is 19.2. The van der Waals surface area contributed by atoms with Crippen molar-refractivity contribution in [1.29, 1.82) is 0 Å². The molecule has 0 aliphatic carbocycles. The molecule has 4 nitrogen and oxygen atoms in total. The van der Waals surface area contributed by atoms with Gasteiger partial charge in [-0.1, -0.05) is 28.1 Å². The lowest BCUT2D eigenvalue weighted by Crippen LogP contribution is -2.48. The Labute approximate surface area is 158 Å².